The number of hydrogen-bond donors (Lipinski definition) is 0. The summed E-state index contributed by atoms with van der Waals surface area (Å²) in [5.74, 6) is -0.0547. The first-order valence-electron chi connectivity index (χ1n) is 12.9. The van der Waals surface area contributed by atoms with Crippen molar-refractivity contribution in [1.82, 2.24) is 14.7 Å². The summed E-state index contributed by atoms with van der Waals surface area (Å²) in [6.45, 7) is 4.14. The van der Waals surface area contributed by atoms with Crippen molar-refractivity contribution in [2.45, 2.75) is 51.2 Å². The highest BCUT2D eigenvalue weighted by Crippen LogP contribution is 2.47. The van der Waals surface area contributed by atoms with Crippen LogP contribution in [0.3, 0.4) is 0 Å². The Morgan fingerprint density at radius 2 is 1.68 bits per heavy atom. The number of carbonyl (C=O) groups excluding carboxylic acids is 3. The molecule has 1 aromatic heterocycles. The minimum absolute atomic E-state index is 0.0138. The van der Waals surface area contributed by atoms with E-state index in [9.17, 15) is 14.4 Å². The Bertz CT molecular complexity index is 1370. The zero-order valence-corrected chi connectivity index (χ0v) is 21.0. The molecule has 3 aliphatic heterocycles. The first-order chi connectivity index (χ1) is 18.0. The summed E-state index contributed by atoms with van der Waals surface area (Å²) in [4.78, 5) is 41.9. The molecule has 8 heteroatoms. The van der Waals surface area contributed by atoms with Crippen molar-refractivity contribution in [3.63, 3.8) is 0 Å². The van der Waals surface area contributed by atoms with Gasteiger partial charge < -0.3 is 19.3 Å². The lowest BCUT2D eigenvalue weighted by atomic mass is 9.74. The summed E-state index contributed by atoms with van der Waals surface area (Å²) >= 11 is 0. The molecule has 0 radical (unpaired) electrons. The molecule has 0 N–H and O–H groups in total. The number of aromatic nitrogens is 2. The van der Waals surface area contributed by atoms with E-state index >= 15 is 0 Å². The van der Waals surface area contributed by atoms with Gasteiger partial charge in [-0.1, -0.05) is 36.4 Å². The van der Waals surface area contributed by atoms with Gasteiger partial charge in [0.15, 0.2) is 5.69 Å². The smallest absolute Gasteiger partial charge is 0.274 e. The molecule has 3 aliphatic rings. The van der Waals surface area contributed by atoms with Gasteiger partial charge >= 0.3 is 0 Å². The Morgan fingerprint density at radius 1 is 0.946 bits per heavy atom. The maximum Gasteiger partial charge on any atom is 0.274 e. The average Bonchev–Trinajstić information content (AvgIpc) is 3.62. The predicted octanol–water partition coefficient (Wildman–Crippen LogP) is 3.79. The Morgan fingerprint density at radius 3 is 2.43 bits per heavy atom. The number of amides is 2. The van der Waals surface area contributed by atoms with Crippen molar-refractivity contribution >= 4 is 23.3 Å². The second-order valence-corrected chi connectivity index (χ2v) is 10.3. The highest BCUT2D eigenvalue weighted by molar-refractivity contribution is 5.98. The van der Waals surface area contributed by atoms with Crippen LogP contribution in [0.15, 0.2) is 54.6 Å². The van der Waals surface area contributed by atoms with Gasteiger partial charge in [0.25, 0.3) is 5.91 Å². The molecule has 0 unspecified atom stereocenters. The van der Waals surface area contributed by atoms with E-state index in [4.69, 9.17) is 9.84 Å². The molecule has 3 aromatic rings. The fourth-order valence-corrected chi connectivity index (χ4v) is 5.98. The molecule has 1 saturated heterocycles. The highest BCUT2D eigenvalue weighted by atomic mass is 16.5. The van der Waals surface area contributed by atoms with Crippen LogP contribution >= 0.6 is 0 Å². The maximum absolute atomic E-state index is 13.7. The van der Waals surface area contributed by atoms with E-state index < -0.39 is 0 Å². The van der Waals surface area contributed by atoms with Crippen molar-refractivity contribution in [3.8, 4) is 5.69 Å². The molecule has 0 bridgehead atoms. The third kappa shape index (κ3) is 4.05. The van der Waals surface area contributed by atoms with E-state index in [0.29, 0.717) is 38.5 Å². The number of benzene rings is 2. The Hall–Kier alpha value is -3.78. The number of Topliss-reactive ketones (excluding diaryl/α,β-unsaturated/α-hetero) is 1. The number of ether oxygens (including phenoxy) is 1. The zero-order valence-electron chi connectivity index (χ0n) is 21.0. The van der Waals surface area contributed by atoms with Crippen LogP contribution in [0.4, 0.5) is 5.69 Å². The molecule has 37 heavy (non-hydrogen) atoms. The number of nitrogens with zero attached hydrogens (tertiary/aromatic N) is 4. The minimum Gasteiger partial charge on any atom is -0.370 e. The Kier molecular flexibility index (Phi) is 5.91. The molecule has 0 saturated carbocycles. The van der Waals surface area contributed by atoms with Crippen LogP contribution in [-0.2, 0) is 33.0 Å². The van der Waals surface area contributed by atoms with Crippen LogP contribution in [-0.4, -0.2) is 51.9 Å². The fraction of sp³-hybridized carbons (Fsp3) is 0.379. The van der Waals surface area contributed by atoms with Crippen LogP contribution in [0.2, 0.25) is 0 Å². The van der Waals surface area contributed by atoms with Crippen LogP contribution < -0.4 is 4.90 Å². The van der Waals surface area contributed by atoms with Crippen molar-refractivity contribution in [2.24, 2.45) is 0 Å². The first kappa shape index (κ1) is 23.6. The van der Waals surface area contributed by atoms with Crippen molar-refractivity contribution in [2.75, 3.05) is 24.5 Å². The van der Waals surface area contributed by atoms with Gasteiger partial charge in [-0.3, -0.25) is 9.59 Å². The van der Waals surface area contributed by atoms with Gasteiger partial charge in [0.2, 0.25) is 5.91 Å². The third-order valence-corrected chi connectivity index (χ3v) is 8.01. The summed E-state index contributed by atoms with van der Waals surface area (Å²) in [6.07, 6.45) is 2.02. The number of likely N-dealkylation sites (tertiary alicyclic amines) is 1. The number of ketones is 1. The number of anilines is 1. The van der Waals surface area contributed by atoms with Gasteiger partial charge in [-0.2, -0.15) is 5.10 Å². The molecular formula is C29H30N4O4. The zero-order chi connectivity index (χ0) is 25.6. The lowest BCUT2D eigenvalue weighted by Gasteiger charge is -2.39. The molecule has 1 fully saturated rings. The van der Waals surface area contributed by atoms with Crippen LogP contribution in [0.5, 0.6) is 0 Å². The largest absolute Gasteiger partial charge is 0.370 e. The van der Waals surface area contributed by atoms with E-state index in [1.165, 1.54) is 12.5 Å². The summed E-state index contributed by atoms with van der Waals surface area (Å²) in [7, 11) is 0. The molecule has 190 valence electrons. The van der Waals surface area contributed by atoms with Crippen LogP contribution in [0, 0.1) is 0 Å². The number of fused-ring (bicyclic) bond motifs is 3. The molecule has 1 spiro atoms. The van der Waals surface area contributed by atoms with Crippen LogP contribution in [0.25, 0.3) is 5.69 Å². The van der Waals surface area contributed by atoms with Crippen molar-refractivity contribution < 1.29 is 19.1 Å². The minimum atomic E-state index is -0.187. The Labute approximate surface area is 215 Å². The van der Waals surface area contributed by atoms with Gasteiger partial charge in [0.1, 0.15) is 5.78 Å². The van der Waals surface area contributed by atoms with Gasteiger partial charge in [-0.15, -0.1) is 0 Å². The topological polar surface area (TPSA) is 84.7 Å². The summed E-state index contributed by atoms with van der Waals surface area (Å²) < 4.78 is 7.52. The SMILES string of the molecule is CC(=O)CCC(=O)N1CC2(CCN(C(=O)c3nn(-c4ccccc4)c4c3COC4)CC2)c2ccccc21. The first-order valence-corrected chi connectivity index (χ1v) is 12.9. The van der Waals surface area contributed by atoms with Crippen LogP contribution in [0.1, 0.15) is 59.9 Å². The molecule has 0 atom stereocenters. The summed E-state index contributed by atoms with van der Waals surface area (Å²) in [6, 6.07) is 17.9. The molecule has 0 aliphatic carbocycles. The fourth-order valence-electron chi connectivity index (χ4n) is 5.98. The standard InChI is InChI=1S/C29H30N4O4/c1-20(34)11-12-26(35)32-19-29(23-9-5-6-10-24(23)32)13-15-31(16-14-29)28(36)27-22-17-37-18-25(22)33(30-27)21-7-3-2-4-8-21/h2-10H,11-19H2,1H3. The lowest BCUT2D eigenvalue weighted by Crippen LogP contribution is -2.48. The molecule has 2 aromatic carbocycles. The van der Waals surface area contributed by atoms with E-state index in [1.54, 1.807) is 0 Å². The number of piperidine rings is 1. The number of rotatable bonds is 5. The number of carbonyl (C=O) groups is 3. The van der Waals surface area contributed by atoms with Gasteiger partial charge in [-0.25, -0.2) is 4.68 Å². The van der Waals surface area contributed by atoms with E-state index in [2.05, 4.69) is 6.07 Å². The molecule has 4 heterocycles. The summed E-state index contributed by atoms with van der Waals surface area (Å²) in [5, 5.41) is 4.74. The van der Waals surface area contributed by atoms with Gasteiger partial charge in [0.05, 0.1) is 24.6 Å². The third-order valence-electron chi connectivity index (χ3n) is 8.01. The van der Waals surface area contributed by atoms with Crippen molar-refractivity contribution in [3.05, 3.63) is 77.1 Å². The van der Waals surface area contributed by atoms with E-state index in [0.717, 1.165) is 35.5 Å². The van der Waals surface area contributed by atoms with Gasteiger partial charge in [0, 0.05) is 49.1 Å². The van der Waals surface area contributed by atoms with Crippen molar-refractivity contribution in [1.29, 1.82) is 0 Å². The van der Waals surface area contributed by atoms with E-state index in [-0.39, 0.29) is 35.9 Å². The quantitative estimate of drug-likeness (QED) is 0.534. The van der Waals surface area contributed by atoms with E-state index in [1.807, 2.05) is 63.0 Å². The average molecular weight is 499 g/mol. The normalized spacial score (nSPS) is 17.6. The molecule has 8 nitrogen and oxygen atoms in total. The Balaban J connectivity index is 1.22. The number of para-hydroxylation sites is 2. The maximum atomic E-state index is 13.7. The summed E-state index contributed by atoms with van der Waals surface area (Å²) in [5.41, 5.74) is 5.12. The predicted molar refractivity (Wildman–Crippen MR) is 138 cm³/mol. The lowest BCUT2D eigenvalue weighted by molar-refractivity contribution is -0.123. The number of hydrogen-bond acceptors (Lipinski definition) is 5. The molecular weight excluding hydrogens is 468 g/mol. The second-order valence-electron chi connectivity index (χ2n) is 10.3. The second kappa shape index (κ2) is 9.27. The molecule has 6 rings (SSSR count). The monoisotopic (exact) mass is 498 g/mol. The van der Waals surface area contributed by atoms with Gasteiger partial charge in [-0.05, 0) is 43.5 Å². The highest BCUT2D eigenvalue weighted by Gasteiger charge is 2.47. The molecule has 2 amide bonds.